The number of hydrogen-bond donors (Lipinski definition) is 1. The summed E-state index contributed by atoms with van der Waals surface area (Å²) in [7, 11) is 0. The van der Waals surface area contributed by atoms with Gasteiger partial charge in [0.25, 0.3) is 0 Å². The number of quaternary nitrogens is 1. The molecule has 4 atom stereocenters. The number of aldehydes is 1. The summed E-state index contributed by atoms with van der Waals surface area (Å²) < 4.78 is 1.24. The molecule has 3 nitrogen and oxygen atoms in total. The molecule has 5 rings (SSSR count). The summed E-state index contributed by atoms with van der Waals surface area (Å²) in [4.78, 5) is 12.2. The number of benzene rings is 1. The quantitative estimate of drug-likeness (QED) is 0.360. The Hall–Kier alpha value is -1.87. The van der Waals surface area contributed by atoms with E-state index < -0.39 is 0 Å². The number of anilines is 1. The summed E-state index contributed by atoms with van der Waals surface area (Å²) in [6.07, 6.45) is 9.70. The number of carbonyl (C=O) groups is 1. The van der Waals surface area contributed by atoms with Crippen molar-refractivity contribution in [2.24, 2.45) is 5.92 Å². The fourth-order valence-electron chi connectivity index (χ4n) is 6.91. The van der Waals surface area contributed by atoms with Crippen LogP contribution in [0.25, 0.3) is 0 Å². The Morgan fingerprint density at radius 3 is 2.93 bits per heavy atom. The van der Waals surface area contributed by atoms with Gasteiger partial charge < -0.3 is 9.80 Å². The van der Waals surface area contributed by atoms with E-state index in [4.69, 9.17) is 0 Å². The van der Waals surface area contributed by atoms with E-state index in [1.165, 1.54) is 65.8 Å². The summed E-state index contributed by atoms with van der Waals surface area (Å²) in [5, 5.41) is 3.72. The van der Waals surface area contributed by atoms with E-state index in [0.29, 0.717) is 12.0 Å². The molecule has 2 fully saturated rings. The highest BCUT2D eigenvalue weighted by Gasteiger charge is 2.68. The zero-order valence-corrected chi connectivity index (χ0v) is 16.6. The maximum Gasteiger partial charge on any atom is 0.148 e. The summed E-state index contributed by atoms with van der Waals surface area (Å²) in [5.74, 6) is 0.318. The highest BCUT2D eigenvalue weighted by molar-refractivity contribution is 5.84. The fourth-order valence-corrected chi connectivity index (χ4v) is 6.91. The first-order chi connectivity index (χ1) is 13.2. The molecule has 4 aliphatic rings. The number of unbranched alkanes of at least 4 members (excludes halogenated alkanes) is 2. The highest BCUT2D eigenvalue weighted by Crippen LogP contribution is 2.63. The lowest BCUT2D eigenvalue weighted by Gasteiger charge is -2.53. The van der Waals surface area contributed by atoms with Crippen molar-refractivity contribution in [3.63, 3.8) is 0 Å². The van der Waals surface area contributed by atoms with Gasteiger partial charge in [0.15, 0.2) is 0 Å². The van der Waals surface area contributed by atoms with Crippen LogP contribution in [0.1, 0.15) is 51.5 Å². The molecule has 0 amide bonds. The second-order valence-corrected chi connectivity index (χ2v) is 9.04. The number of fused-ring (bicyclic) bond motifs is 2. The standard InChI is InChI=1S/C24H30N2O/c1-3-5-8-12-26-13-11-24-20-9-6-7-10-21(20)25-23(24)19(16-27)18(14-22(24)26)17(4-2)15-26/h4,6-7,9-10,16,18,22H,3,5,8,11-15H2,1-2H3/p+1/b17-4+. The number of hydrogen-bond acceptors (Lipinski definition) is 2. The highest BCUT2D eigenvalue weighted by atomic mass is 16.1. The molecule has 4 unspecified atom stereocenters. The van der Waals surface area contributed by atoms with Crippen molar-refractivity contribution < 1.29 is 9.28 Å². The van der Waals surface area contributed by atoms with E-state index in [9.17, 15) is 4.79 Å². The molecule has 0 radical (unpaired) electrons. The zero-order chi connectivity index (χ0) is 18.6. The van der Waals surface area contributed by atoms with Gasteiger partial charge in [0, 0.05) is 35.7 Å². The first-order valence-electron chi connectivity index (χ1n) is 10.8. The Bertz CT molecular complexity index is 854. The normalized spacial score (nSPS) is 37.2. The van der Waals surface area contributed by atoms with Crippen molar-refractivity contribution in [1.29, 1.82) is 0 Å². The predicted octanol–water partition coefficient (Wildman–Crippen LogP) is 4.56. The van der Waals surface area contributed by atoms with Crippen LogP contribution in [-0.4, -0.2) is 36.4 Å². The number of nitrogens with one attached hydrogen (secondary N) is 1. The molecule has 0 aromatic heterocycles. The number of nitrogens with zero attached hydrogens (tertiary/aromatic N) is 1. The largest absolute Gasteiger partial charge is 0.357 e. The van der Waals surface area contributed by atoms with Crippen LogP contribution in [0.15, 0.2) is 47.2 Å². The Labute approximate surface area is 162 Å². The summed E-state index contributed by atoms with van der Waals surface area (Å²) in [6.45, 7) is 8.13. The minimum atomic E-state index is 0.0365. The number of rotatable bonds is 5. The Morgan fingerprint density at radius 2 is 2.15 bits per heavy atom. The van der Waals surface area contributed by atoms with Gasteiger partial charge in [0.1, 0.15) is 18.9 Å². The molecule has 2 saturated heterocycles. The van der Waals surface area contributed by atoms with Crippen LogP contribution in [-0.2, 0) is 10.2 Å². The molecule has 1 aromatic rings. The summed E-state index contributed by atoms with van der Waals surface area (Å²) >= 11 is 0. The van der Waals surface area contributed by atoms with Crippen LogP contribution in [0.2, 0.25) is 0 Å². The predicted molar refractivity (Wildman–Crippen MR) is 109 cm³/mol. The van der Waals surface area contributed by atoms with Crippen LogP contribution >= 0.6 is 0 Å². The van der Waals surface area contributed by atoms with E-state index in [0.717, 1.165) is 24.8 Å². The van der Waals surface area contributed by atoms with Crippen molar-refractivity contribution >= 4 is 12.0 Å². The van der Waals surface area contributed by atoms with Crippen LogP contribution in [0.5, 0.6) is 0 Å². The number of piperidine rings is 1. The molecule has 0 saturated carbocycles. The fraction of sp³-hybridized carbons (Fsp3) is 0.542. The van der Waals surface area contributed by atoms with E-state index in [1.807, 2.05) is 0 Å². The van der Waals surface area contributed by atoms with Crippen LogP contribution < -0.4 is 5.32 Å². The molecule has 27 heavy (non-hydrogen) atoms. The SMILES string of the molecule is C/C=C1\C[N+]2(CCCCC)CCC34C(=C(C=O)C1CC32)Nc1ccccc14. The third kappa shape index (κ3) is 2.09. The minimum absolute atomic E-state index is 0.0365. The van der Waals surface area contributed by atoms with Crippen LogP contribution in [0.3, 0.4) is 0 Å². The lowest BCUT2D eigenvalue weighted by Crippen LogP contribution is -2.63. The topological polar surface area (TPSA) is 29.1 Å². The van der Waals surface area contributed by atoms with Gasteiger partial charge in [-0.05, 0) is 37.0 Å². The van der Waals surface area contributed by atoms with Gasteiger partial charge in [-0.25, -0.2) is 0 Å². The molecule has 3 heteroatoms. The van der Waals surface area contributed by atoms with Gasteiger partial charge in [0.2, 0.25) is 0 Å². The third-order valence-corrected chi connectivity index (χ3v) is 8.07. The Morgan fingerprint density at radius 1 is 1.30 bits per heavy atom. The molecular weight excluding hydrogens is 332 g/mol. The molecule has 2 bridgehead atoms. The Balaban J connectivity index is 1.71. The minimum Gasteiger partial charge on any atom is -0.357 e. The smallest absolute Gasteiger partial charge is 0.148 e. The van der Waals surface area contributed by atoms with Crippen molar-refractivity contribution in [3.05, 3.63) is 52.7 Å². The van der Waals surface area contributed by atoms with Gasteiger partial charge in [0.05, 0.1) is 18.5 Å². The zero-order valence-electron chi connectivity index (χ0n) is 16.6. The average molecular weight is 364 g/mol. The number of allylic oxidation sites excluding steroid dienone is 2. The Kier molecular flexibility index (Phi) is 3.87. The maximum atomic E-state index is 12.2. The van der Waals surface area contributed by atoms with E-state index in [-0.39, 0.29) is 5.41 Å². The van der Waals surface area contributed by atoms with Crippen molar-refractivity contribution in [2.45, 2.75) is 57.4 Å². The van der Waals surface area contributed by atoms with Crippen molar-refractivity contribution in [2.75, 3.05) is 25.0 Å². The summed E-state index contributed by atoms with van der Waals surface area (Å²) in [6, 6.07) is 9.41. The lowest BCUT2D eigenvalue weighted by atomic mass is 9.61. The third-order valence-electron chi connectivity index (χ3n) is 8.07. The van der Waals surface area contributed by atoms with Gasteiger partial charge in [-0.15, -0.1) is 0 Å². The monoisotopic (exact) mass is 363 g/mol. The molecular formula is C24H31N2O+. The summed E-state index contributed by atoms with van der Waals surface area (Å²) in [5.41, 5.74) is 6.48. The number of carbonyl (C=O) groups excluding carboxylic acids is 1. The first-order valence-corrected chi connectivity index (χ1v) is 10.8. The van der Waals surface area contributed by atoms with Gasteiger partial charge in [-0.1, -0.05) is 37.6 Å². The average Bonchev–Trinajstić information content (AvgIpc) is 3.22. The van der Waals surface area contributed by atoms with Gasteiger partial charge in [-0.2, -0.15) is 0 Å². The molecule has 1 spiro atoms. The van der Waals surface area contributed by atoms with E-state index in [2.05, 4.69) is 49.5 Å². The molecule has 1 aliphatic carbocycles. The second kappa shape index (κ2) is 6.07. The van der Waals surface area contributed by atoms with Crippen LogP contribution in [0.4, 0.5) is 5.69 Å². The molecule has 3 heterocycles. The van der Waals surface area contributed by atoms with Gasteiger partial charge in [-0.3, -0.25) is 4.79 Å². The second-order valence-electron chi connectivity index (χ2n) is 9.04. The van der Waals surface area contributed by atoms with Crippen LogP contribution in [0, 0.1) is 5.92 Å². The maximum absolute atomic E-state index is 12.2. The van der Waals surface area contributed by atoms with Gasteiger partial charge >= 0.3 is 0 Å². The molecule has 1 N–H and O–H groups in total. The molecule has 3 aliphatic heterocycles. The van der Waals surface area contributed by atoms with Crippen molar-refractivity contribution in [1.82, 2.24) is 0 Å². The van der Waals surface area contributed by atoms with E-state index in [1.54, 1.807) is 0 Å². The number of para-hydroxylation sites is 1. The van der Waals surface area contributed by atoms with E-state index >= 15 is 0 Å². The first kappa shape index (κ1) is 17.2. The lowest BCUT2D eigenvalue weighted by molar-refractivity contribution is -0.941. The molecule has 1 aromatic carbocycles. The molecule has 142 valence electrons. The van der Waals surface area contributed by atoms with Crippen molar-refractivity contribution in [3.8, 4) is 0 Å².